The van der Waals surface area contributed by atoms with Crippen LogP contribution in [0, 0.1) is 11.7 Å². The van der Waals surface area contributed by atoms with Crippen LogP contribution in [0.2, 0.25) is 5.02 Å². The SMILES string of the molecule is COCCNCC1(c2cccc(Cl)c2F)CC1C. The molecule has 1 saturated carbocycles. The van der Waals surface area contributed by atoms with Crippen LogP contribution in [0.1, 0.15) is 18.9 Å². The molecule has 1 aliphatic rings. The maximum Gasteiger partial charge on any atom is 0.145 e. The summed E-state index contributed by atoms with van der Waals surface area (Å²) in [6.07, 6.45) is 1.00. The van der Waals surface area contributed by atoms with Crippen molar-refractivity contribution in [2.24, 2.45) is 5.92 Å². The molecule has 2 rings (SSSR count). The molecule has 4 heteroatoms. The molecule has 2 unspecified atom stereocenters. The second-order valence-electron chi connectivity index (χ2n) is 5.03. The van der Waals surface area contributed by atoms with Gasteiger partial charge in [0.2, 0.25) is 0 Å². The van der Waals surface area contributed by atoms with Gasteiger partial charge in [0.15, 0.2) is 0 Å². The summed E-state index contributed by atoms with van der Waals surface area (Å²) in [7, 11) is 1.67. The topological polar surface area (TPSA) is 21.3 Å². The smallest absolute Gasteiger partial charge is 0.145 e. The highest BCUT2D eigenvalue weighted by molar-refractivity contribution is 6.30. The molecule has 1 aromatic rings. The van der Waals surface area contributed by atoms with Gasteiger partial charge in [0, 0.05) is 25.6 Å². The lowest BCUT2D eigenvalue weighted by atomic mass is 9.93. The number of benzene rings is 1. The van der Waals surface area contributed by atoms with E-state index in [0.29, 0.717) is 12.5 Å². The molecular weight excluding hydrogens is 253 g/mol. The molecule has 0 heterocycles. The average Bonchev–Trinajstić information content (AvgIpc) is 3.00. The van der Waals surface area contributed by atoms with E-state index in [-0.39, 0.29) is 16.3 Å². The van der Waals surface area contributed by atoms with Crippen LogP contribution in [0.15, 0.2) is 18.2 Å². The quantitative estimate of drug-likeness (QED) is 0.803. The van der Waals surface area contributed by atoms with E-state index < -0.39 is 0 Å². The van der Waals surface area contributed by atoms with E-state index in [0.717, 1.165) is 25.1 Å². The van der Waals surface area contributed by atoms with Crippen LogP contribution in [-0.4, -0.2) is 26.8 Å². The molecule has 100 valence electrons. The molecule has 0 bridgehead atoms. The zero-order chi connectivity index (χ0) is 13.2. The van der Waals surface area contributed by atoms with Crippen molar-refractivity contribution in [2.75, 3.05) is 26.8 Å². The van der Waals surface area contributed by atoms with Gasteiger partial charge in [-0.1, -0.05) is 30.7 Å². The van der Waals surface area contributed by atoms with Crippen LogP contribution >= 0.6 is 11.6 Å². The average molecular weight is 272 g/mol. The molecule has 1 N–H and O–H groups in total. The standard InChI is InChI=1S/C14H19ClFNO/c1-10-8-14(10,9-17-6-7-18-2)11-4-3-5-12(15)13(11)16/h3-5,10,17H,6-9H2,1-2H3. The molecule has 18 heavy (non-hydrogen) atoms. The number of rotatable bonds is 6. The Balaban J connectivity index is 2.10. The first-order valence-electron chi connectivity index (χ1n) is 6.26. The molecule has 0 aliphatic heterocycles. The Morgan fingerprint density at radius 3 is 2.89 bits per heavy atom. The highest BCUT2D eigenvalue weighted by Gasteiger charge is 2.53. The summed E-state index contributed by atoms with van der Waals surface area (Å²) in [4.78, 5) is 0. The molecule has 2 atom stereocenters. The van der Waals surface area contributed by atoms with E-state index in [4.69, 9.17) is 16.3 Å². The lowest BCUT2D eigenvalue weighted by Gasteiger charge is -2.19. The van der Waals surface area contributed by atoms with E-state index in [9.17, 15) is 4.39 Å². The second kappa shape index (κ2) is 5.55. The number of hydrogen-bond acceptors (Lipinski definition) is 2. The molecule has 0 saturated heterocycles. The molecule has 0 spiro atoms. The zero-order valence-electron chi connectivity index (χ0n) is 10.8. The summed E-state index contributed by atoms with van der Waals surface area (Å²) in [5.41, 5.74) is 0.648. The van der Waals surface area contributed by atoms with Crippen molar-refractivity contribution < 1.29 is 9.13 Å². The molecule has 0 aromatic heterocycles. The van der Waals surface area contributed by atoms with E-state index in [1.54, 1.807) is 13.2 Å². The first kappa shape index (κ1) is 13.8. The van der Waals surface area contributed by atoms with Gasteiger partial charge in [-0.3, -0.25) is 0 Å². The lowest BCUT2D eigenvalue weighted by molar-refractivity contribution is 0.198. The predicted octanol–water partition coefficient (Wildman–Crippen LogP) is 2.99. The van der Waals surface area contributed by atoms with E-state index in [1.165, 1.54) is 0 Å². The van der Waals surface area contributed by atoms with E-state index >= 15 is 0 Å². The summed E-state index contributed by atoms with van der Waals surface area (Å²) >= 11 is 5.86. The summed E-state index contributed by atoms with van der Waals surface area (Å²) in [6.45, 7) is 4.38. The van der Waals surface area contributed by atoms with Crippen LogP contribution < -0.4 is 5.32 Å². The van der Waals surface area contributed by atoms with Crippen molar-refractivity contribution in [3.8, 4) is 0 Å². The third-order valence-corrected chi connectivity index (χ3v) is 4.16. The number of halogens is 2. The van der Waals surface area contributed by atoms with Gasteiger partial charge < -0.3 is 10.1 Å². The highest BCUT2D eigenvalue weighted by Crippen LogP contribution is 2.54. The Morgan fingerprint density at radius 2 is 2.28 bits per heavy atom. The minimum atomic E-state index is -0.267. The number of hydrogen-bond donors (Lipinski definition) is 1. The molecule has 1 aromatic carbocycles. The van der Waals surface area contributed by atoms with Gasteiger partial charge in [-0.2, -0.15) is 0 Å². The Kier molecular flexibility index (Phi) is 4.25. The van der Waals surface area contributed by atoms with E-state index in [2.05, 4.69) is 12.2 Å². The van der Waals surface area contributed by atoms with Gasteiger partial charge in [0.25, 0.3) is 0 Å². The van der Waals surface area contributed by atoms with Crippen molar-refractivity contribution >= 4 is 11.6 Å². The normalized spacial score (nSPS) is 26.3. The predicted molar refractivity (Wildman–Crippen MR) is 71.6 cm³/mol. The van der Waals surface area contributed by atoms with Crippen LogP contribution in [0.3, 0.4) is 0 Å². The summed E-state index contributed by atoms with van der Waals surface area (Å²) < 4.78 is 19.1. The Hall–Kier alpha value is -0.640. The number of ether oxygens (including phenoxy) is 1. The molecule has 1 fully saturated rings. The third kappa shape index (κ3) is 2.53. The fraction of sp³-hybridized carbons (Fsp3) is 0.571. The maximum atomic E-state index is 14.1. The van der Waals surface area contributed by atoms with Crippen molar-refractivity contribution in [1.29, 1.82) is 0 Å². The van der Waals surface area contributed by atoms with Gasteiger partial charge in [-0.15, -0.1) is 0 Å². The van der Waals surface area contributed by atoms with Gasteiger partial charge in [-0.05, 0) is 24.0 Å². The fourth-order valence-electron chi connectivity index (χ4n) is 2.58. The lowest BCUT2D eigenvalue weighted by Crippen LogP contribution is -2.31. The van der Waals surface area contributed by atoms with Gasteiger partial charge in [0.1, 0.15) is 5.82 Å². The Morgan fingerprint density at radius 1 is 1.56 bits per heavy atom. The van der Waals surface area contributed by atoms with Crippen LogP contribution in [0.4, 0.5) is 4.39 Å². The fourth-order valence-corrected chi connectivity index (χ4v) is 2.75. The first-order valence-corrected chi connectivity index (χ1v) is 6.64. The molecule has 1 aliphatic carbocycles. The summed E-state index contributed by atoms with van der Waals surface area (Å²) in [5, 5.41) is 3.54. The number of methoxy groups -OCH3 is 1. The van der Waals surface area contributed by atoms with Crippen LogP contribution in [0.5, 0.6) is 0 Å². The number of nitrogens with one attached hydrogen (secondary N) is 1. The van der Waals surface area contributed by atoms with Gasteiger partial charge in [-0.25, -0.2) is 4.39 Å². The van der Waals surface area contributed by atoms with Crippen LogP contribution in [0.25, 0.3) is 0 Å². The Labute approximate surface area is 112 Å². The third-order valence-electron chi connectivity index (χ3n) is 3.87. The van der Waals surface area contributed by atoms with Crippen molar-refractivity contribution in [3.05, 3.63) is 34.6 Å². The molecule has 0 amide bonds. The first-order chi connectivity index (χ1) is 8.62. The summed E-state index contributed by atoms with van der Waals surface area (Å²) in [5.74, 6) is 0.220. The van der Waals surface area contributed by atoms with Crippen molar-refractivity contribution in [1.82, 2.24) is 5.32 Å². The maximum absolute atomic E-state index is 14.1. The monoisotopic (exact) mass is 271 g/mol. The largest absolute Gasteiger partial charge is 0.383 e. The highest BCUT2D eigenvalue weighted by atomic mass is 35.5. The van der Waals surface area contributed by atoms with Crippen molar-refractivity contribution in [2.45, 2.75) is 18.8 Å². The molecule has 2 nitrogen and oxygen atoms in total. The zero-order valence-corrected chi connectivity index (χ0v) is 11.6. The van der Waals surface area contributed by atoms with E-state index in [1.807, 2.05) is 12.1 Å². The Bertz CT molecular complexity index is 426. The van der Waals surface area contributed by atoms with Crippen molar-refractivity contribution in [3.63, 3.8) is 0 Å². The van der Waals surface area contributed by atoms with Crippen LogP contribution in [-0.2, 0) is 10.2 Å². The second-order valence-corrected chi connectivity index (χ2v) is 5.44. The van der Waals surface area contributed by atoms with Gasteiger partial charge in [0.05, 0.1) is 11.6 Å². The summed E-state index contributed by atoms with van der Waals surface area (Å²) in [6, 6.07) is 5.27. The minimum absolute atomic E-state index is 0.0945. The molecular formula is C14H19ClFNO. The molecule has 0 radical (unpaired) electrons. The minimum Gasteiger partial charge on any atom is -0.383 e. The van der Waals surface area contributed by atoms with Gasteiger partial charge >= 0.3 is 0 Å².